The average Bonchev–Trinajstić information content (AvgIpc) is 3.08. The number of carboxylic acids is 4. The molecule has 0 bridgehead atoms. The monoisotopic (exact) mass is 725 g/mol. The number of carboxylic acid groups (broad SMARTS) is 4. The van der Waals surface area contributed by atoms with Gasteiger partial charge in [-0.2, -0.15) is 0 Å². The highest BCUT2D eigenvalue weighted by molar-refractivity contribution is 5.67. The predicted octanol–water partition coefficient (Wildman–Crippen LogP) is 9.48. The fourth-order valence-electron chi connectivity index (χ4n) is 4.02. The largest absolute Gasteiger partial charge is 0.481 e. The summed E-state index contributed by atoms with van der Waals surface area (Å²) in [5.74, 6) is -2.67. The Labute approximate surface area is 305 Å². The maximum absolute atomic E-state index is 10.1. The van der Waals surface area contributed by atoms with E-state index in [1.54, 1.807) is 6.92 Å². The molecular weight excluding hydrogens is 644 g/mol. The molecule has 0 aromatic heterocycles. The Hall–Kier alpha value is -2.24. The van der Waals surface area contributed by atoms with Gasteiger partial charge in [-0.3, -0.25) is 19.2 Å². The van der Waals surface area contributed by atoms with Crippen molar-refractivity contribution in [2.24, 2.45) is 5.41 Å². The highest BCUT2D eigenvalue weighted by Gasteiger charge is 2.20. The summed E-state index contributed by atoms with van der Waals surface area (Å²) in [6, 6.07) is 0. The predicted molar refractivity (Wildman–Crippen MR) is 203 cm³/mol. The fraction of sp³-hybridized carbons (Fsp3) is 0.897. The van der Waals surface area contributed by atoms with Crippen LogP contribution in [-0.2, 0) is 19.2 Å². The van der Waals surface area contributed by atoms with Gasteiger partial charge in [0.2, 0.25) is 0 Å². The number of rotatable bonds is 29. The normalized spacial score (nSPS) is 10.2. The molecule has 0 aromatic rings. The molecule has 302 valence electrons. The second-order valence-electron chi connectivity index (χ2n) is 13.2. The van der Waals surface area contributed by atoms with E-state index in [1.165, 1.54) is 89.9 Å². The number of aliphatic carboxylic acids is 4. The Morgan fingerprint density at radius 3 is 0.620 bits per heavy atom. The van der Waals surface area contributed by atoms with Crippen LogP contribution >= 0.6 is 0 Å². The minimum absolute atomic E-state index is 0.181. The van der Waals surface area contributed by atoms with E-state index in [4.69, 9.17) is 35.7 Å². The molecule has 0 heterocycles. The van der Waals surface area contributed by atoms with E-state index in [-0.39, 0.29) is 19.8 Å². The number of aliphatic hydroxyl groups excluding tert-OH is 3. The van der Waals surface area contributed by atoms with Gasteiger partial charge in [0.1, 0.15) is 0 Å². The van der Waals surface area contributed by atoms with Gasteiger partial charge in [-0.05, 0) is 25.7 Å². The minimum Gasteiger partial charge on any atom is -0.481 e. The molecule has 0 rings (SSSR count). The number of hydrogen-bond donors (Lipinski definition) is 7. The second-order valence-corrected chi connectivity index (χ2v) is 13.2. The van der Waals surface area contributed by atoms with Crippen LogP contribution in [-0.4, -0.2) is 79.4 Å². The van der Waals surface area contributed by atoms with Gasteiger partial charge in [0.05, 0.1) is 19.8 Å². The van der Waals surface area contributed by atoms with E-state index in [0.717, 1.165) is 51.4 Å². The quantitative estimate of drug-likeness (QED) is 0.0361. The van der Waals surface area contributed by atoms with Crippen LogP contribution in [0.3, 0.4) is 0 Å². The first kappa shape index (κ1) is 57.1. The summed E-state index contributed by atoms with van der Waals surface area (Å²) < 4.78 is 0. The van der Waals surface area contributed by atoms with E-state index in [1.807, 2.05) is 0 Å². The third kappa shape index (κ3) is 67.8. The first-order valence-corrected chi connectivity index (χ1v) is 19.5. The summed E-state index contributed by atoms with van der Waals surface area (Å²) in [4.78, 5) is 40.2. The molecule has 11 nitrogen and oxygen atoms in total. The van der Waals surface area contributed by atoms with Crippen LogP contribution in [0, 0.1) is 5.41 Å². The summed E-state index contributed by atoms with van der Waals surface area (Å²) in [6.45, 7) is 9.71. The van der Waals surface area contributed by atoms with Gasteiger partial charge in [0.15, 0.2) is 0 Å². The summed E-state index contributed by atoms with van der Waals surface area (Å²) >= 11 is 0. The molecule has 11 heteroatoms. The van der Waals surface area contributed by atoms with Crippen LogP contribution in [0.2, 0.25) is 0 Å². The van der Waals surface area contributed by atoms with Crippen molar-refractivity contribution >= 4 is 23.9 Å². The molecule has 0 aliphatic carbocycles. The highest BCUT2D eigenvalue weighted by Crippen LogP contribution is 2.11. The molecule has 0 saturated heterocycles. The third-order valence-corrected chi connectivity index (χ3v) is 7.62. The van der Waals surface area contributed by atoms with Crippen molar-refractivity contribution in [2.75, 3.05) is 19.8 Å². The van der Waals surface area contributed by atoms with Gasteiger partial charge in [-0.15, -0.1) is 0 Å². The molecule has 0 amide bonds. The Morgan fingerprint density at radius 1 is 0.340 bits per heavy atom. The van der Waals surface area contributed by atoms with E-state index < -0.39 is 29.3 Å². The van der Waals surface area contributed by atoms with Crippen LogP contribution in [0.4, 0.5) is 0 Å². The van der Waals surface area contributed by atoms with Crippen LogP contribution in [0.15, 0.2) is 0 Å². The number of carbonyl (C=O) groups is 4. The van der Waals surface area contributed by atoms with E-state index in [2.05, 4.69) is 27.7 Å². The summed E-state index contributed by atoms with van der Waals surface area (Å²) in [5, 5.41) is 58.6. The molecule has 0 aromatic carbocycles. The van der Waals surface area contributed by atoms with Crippen molar-refractivity contribution in [1.82, 2.24) is 0 Å². The zero-order valence-corrected chi connectivity index (χ0v) is 32.8. The molecule has 0 unspecified atom stereocenters. The lowest BCUT2D eigenvalue weighted by molar-refractivity contribution is -0.138. The van der Waals surface area contributed by atoms with Crippen molar-refractivity contribution < 1.29 is 54.9 Å². The number of aliphatic hydroxyl groups is 3. The lowest BCUT2D eigenvalue weighted by Gasteiger charge is -2.20. The molecule has 0 aliphatic heterocycles. The Balaban J connectivity index is -0.000000170. The molecule has 0 atom stereocenters. The van der Waals surface area contributed by atoms with Crippen molar-refractivity contribution in [1.29, 1.82) is 0 Å². The smallest absolute Gasteiger partial charge is 0.303 e. The molecule has 0 spiro atoms. The Bertz CT molecular complexity index is 645. The summed E-state index contributed by atoms with van der Waals surface area (Å²) in [7, 11) is 0. The molecule has 50 heavy (non-hydrogen) atoms. The van der Waals surface area contributed by atoms with E-state index in [9.17, 15) is 19.2 Å². The van der Waals surface area contributed by atoms with E-state index >= 15 is 0 Å². The van der Waals surface area contributed by atoms with Crippen molar-refractivity contribution in [2.45, 2.75) is 202 Å². The van der Waals surface area contributed by atoms with Gasteiger partial charge in [0.25, 0.3) is 0 Å². The summed E-state index contributed by atoms with van der Waals surface area (Å²) in [5.41, 5.74) is -0.708. The highest BCUT2D eigenvalue weighted by atomic mass is 16.4. The molecule has 0 fully saturated rings. The number of hydrogen-bond acceptors (Lipinski definition) is 7. The first-order chi connectivity index (χ1) is 23.8. The lowest BCUT2D eigenvalue weighted by atomic mass is 9.95. The molecule has 0 aliphatic rings. The van der Waals surface area contributed by atoms with Crippen LogP contribution in [0.25, 0.3) is 0 Å². The maximum atomic E-state index is 10.1. The minimum atomic E-state index is -0.708. The third-order valence-electron chi connectivity index (χ3n) is 7.62. The molecule has 0 saturated carbocycles. The summed E-state index contributed by atoms with van der Waals surface area (Å²) in [6.07, 6.45) is 26.3. The van der Waals surface area contributed by atoms with Crippen LogP contribution in [0.1, 0.15) is 202 Å². The first-order valence-electron chi connectivity index (χ1n) is 19.5. The van der Waals surface area contributed by atoms with Gasteiger partial charge < -0.3 is 35.7 Å². The van der Waals surface area contributed by atoms with Gasteiger partial charge in [0, 0.05) is 31.1 Å². The van der Waals surface area contributed by atoms with Crippen molar-refractivity contribution in [3.05, 3.63) is 0 Å². The van der Waals surface area contributed by atoms with Crippen LogP contribution < -0.4 is 0 Å². The Morgan fingerprint density at radius 2 is 0.500 bits per heavy atom. The zero-order valence-electron chi connectivity index (χ0n) is 32.8. The topological polar surface area (TPSA) is 210 Å². The van der Waals surface area contributed by atoms with E-state index in [0.29, 0.717) is 25.7 Å². The maximum Gasteiger partial charge on any atom is 0.303 e. The van der Waals surface area contributed by atoms with Gasteiger partial charge in [-0.25, -0.2) is 0 Å². The van der Waals surface area contributed by atoms with Gasteiger partial charge >= 0.3 is 23.9 Å². The Kier molecular flexibility index (Phi) is 55.8. The van der Waals surface area contributed by atoms with Crippen molar-refractivity contribution in [3.63, 3.8) is 0 Å². The standard InChI is InChI=1S/C10H20O2.3C8H16O2.C5H12O3/c1-2-3-4-5-6-7-8-9-10(11)12;3*1-2-3-4-5-6-7-8(9)10;1-5(2-6,3-7)4-8/h2-9H2,1H3,(H,11,12);3*2-7H2,1H3,(H,9,10);6-8H,2-4H2,1H3. The van der Waals surface area contributed by atoms with Crippen LogP contribution in [0.5, 0.6) is 0 Å². The number of unbranched alkanes of at least 4 members (excludes halogenated alkanes) is 18. The second kappa shape index (κ2) is 48.9. The van der Waals surface area contributed by atoms with Crippen molar-refractivity contribution in [3.8, 4) is 0 Å². The van der Waals surface area contributed by atoms with Gasteiger partial charge in [-0.1, -0.05) is 150 Å². The molecular formula is C39H80O11. The SMILES string of the molecule is CC(CO)(CO)CO.CCCCCCCC(=O)O.CCCCCCCC(=O)O.CCCCCCCC(=O)O.CCCCCCCCCC(=O)O. The average molecular weight is 725 g/mol. The zero-order chi connectivity index (χ0) is 39.3. The molecule has 7 N–H and O–H groups in total. The molecule has 0 radical (unpaired) electrons. The lowest BCUT2D eigenvalue weighted by Crippen LogP contribution is -2.29. The fourth-order valence-corrected chi connectivity index (χ4v) is 4.02.